The van der Waals surface area contributed by atoms with Crippen LogP contribution in [0.1, 0.15) is 39.4 Å². The average molecular weight is 264 g/mol. The van der Waals surface area contributed by atoms with Crippen LogP contribution in [0.3, 0.4) is 0 Å². The zero-order valence-corrected chi connectivity index (χ0v) is 11.9. The summed E-state index contributed by atoms with van der Waals surface area (Å²) in [5, 5.41) is 0.643. The largest absolute Gasteiger partial charge is 0.397 e. The fraction of sp³-hybridized carbons (Fsp3) is 0.500. The van der Waals surface area contributed by atoms with Crippen LogP contribution in [0.2, 0.25) is 5.02 Å². The number of aromatic nitrogens is 2. The van der Waals surface area contributed by atoms with Crippen LogP contribution in [0, 0.1) is 10.8 Å². The number of halogens is 1. The highest BCUT2D eigenvalue weighted by molar-refractivity contribution is 6.31. The van der Waals surface area contributed by atoms with E-state index in [1.165, 1.54) is 0 Å². The molecule has 0 spiro atoms. The molecule has 0 bridgehead atoms. The molecule has 1 aromatic heterocycles. The fourth-order valence-corrected chi connectivity index (χ4v) is 3.37. The maximum Gasteiger partial charge on any atom is 0.112 e. The summed E-state index contributed by atoms with van der Waals surface area (Å²) >= 11 is 6.01. The van der Waals surface area contributed by atoms with Crippen molar-refractivity contribution in [1.29, 1.82) is 0 Å². The Morgan fingerprint density at radius 3 is 2.39 bits per heavy atom. The fourth-order valence-electron chi connectivity index (χ4n) is 3.14. The van der Waals surface area contributed by atoms with Gasteiger partial charge in [0.25, 0.3) is 0 Å². The van der Waals surface area contributed by atoms with Crippen molar-refractivity contribution in [2.75, 3.05) is 5.73 Å². The molecular weight excluding hydrogens is 246 g/mol. The van der Waals surface area contributed by atoms with E-state index >= 15 is 0 Å². The lowest BCUT2D eigenvalue weighted by molar-refractivity contribution is 0.457. The van der Waals surface area contributed by atoms with Gasteiger partial charge in [-0.2, -0.15) is 0 Å². The van der Waals surface area contributed by atoms with Gasteiger partial charge in [-0.15, -0.1) is 0 Å². The highest BCUT2D eigenvalue weighted by Gasteiger charge is 2.66. The minimum absolute atomic E-state index is 0.263. The van der Waals surface area contributed by atoms with Crippen LogP contribution in [0.25, 0.3) is 11.0 Å². The molecule has 1 aliphatic rings. The van der Waals surface area contributed by atoms with Crippen molar-refractivity contribution < 1.29 is 0 Å². The number of nitrogen functional groups attached to an aromatic ring is 1. The molecule has 0 radical (unpaired) electrons. The maximum absolute atomic E-state index is 6.01. The molecule has 1 saturated carbocycles. The minimum Gasteiger partial charge on any atom is -0.397 e. The first-order valence-electron chi connectivity index (χ1n) is 6.20. The third-order valence-corrected chi connectivity index (χ3v) is 5.11. The van der Waals surface area contributed by atoms with Gasteiger partial charge in [-0.1, -0.05) is 39.3 Å². The van der Waals surface area contributed by atoms with Gasteiger partial charge in [-0.05, 0) is 23.0 Å². The molecule has 4 heteroatoms. The number of nitrogens with two attached hydrogens (primary N) is 1. The summed E-state index contributed by atoms with van der Waals surface area (Å²) in [5.41, 5.74) is 8.87. The summed E-state index contributed by atoms with van der Waals surface area (Å²) < 4.78 is 0. The van der Waals surface area contributed by atoms with Crippen molar-refractivity contribution in [3.8, 4) is 0 Å². The van der Waals surface area contributed by atoms with E-state index in [1.54, 1.807) is 6.07 Å². The summed E-state index contributed by atoms with van der Waals surface area (Å²) in [4.78, 5) is 8.04. The van der Waals surface area contributed by atoms with E-state index in [0.29, 0.717) is 16.6 Å². The van der Waals surface area contributed by atoms with Gasteiger partial charge in [-0.3, -0.25) is 0 Å². The van der Waals surface area contributed by atoms with Crippen LogP contribution in [-0.4, -0.2) is 9.97 Å². The van der Waals surface area contributed by atoms with Gasteiger partial charge in [-0.25, -0.2) is 4.98 Å². The standard InChI is InChI=1S/C14H18ClN3/c1-13(2)11(14(13,3)4)12-17-9-6-7(15)5-8(16)10(9)18-12/h5-6,11H,16H2,1-4H3,(H,17,18). The van der Waals surface area contributed by atoms with Crippen molar-refractivity contribution >= 4 is 28.3 Å². The maximum atomic E-state index is 6.01. The molecule has 3 N–H and O–H groups in total. The number of nitrogens with zero attached hydrogens (tertiary/aromatic N) is 1. The zero-order chi connectivity index (χ0) is 13.3. The molecular formula is C14H18ClN3. The van der Waals surface area contributed by atoms with Gasteiger partial charge in [0.05, 0.1) is 11.2 Å². The van der Waals surface area contributed by atoms with Crippen molar-refractivity contribution in [1.82, 2.24) is 9.97 Å². The molecule has 2 aromatic rings. The lowest BCUT2D eigenvalue weighted by atomic mass is 10.0. The van der Waals surface area contributed by atoms with Crippen molar-refractivity contribution in [2.45, 2.75) is 33.6 Å². The van der Waals surface area contributed by atoms with Crippen molar-refractivity contribution in [3.63, 3.8) is 0 Å². The molecule has 96 valence electrons. The lowest BCUT2D eigenvalue weighted by Crippen LogP contribution is -1.95. The Kier molecular flexibility index (Phi) is 2.11. The number of hydrogen-bond donors (Lipinski definition) is 2. The van der Waals surface area contributed by atoms with E-state index in [2.05, 4.69) is 37.7 Å². The van der Waals surface area contributed by atoms with E-state index < -0.39 is 0 Å². The second kappa shape index (κ2) is 3.21. The molecule has 0 saturated heterocycles. The van der Waals surface area contributed by atoms with Crippen molar-refractivity contribution in [2.24, 2.45) is 10.8 Å². The number of hydrogen-bond acceptors (Lipinski definition) is 2. The molecule has 0 atom stereocenters. The van der Waals surface area contributed by atoms with Gasteiger partial charge in [0, 0.05) is 10.9 Å². The Balaban J connectivity index is 2.14. The molecule has 1 fully saturated rings. The van der Waals surface area contributed by atoms with E-state index in [4.69, 9.17) is 17.3 Å². The molecule has 1 aromatic carbocycles. The molecule has 1 aliphatic carbocycles. The monoisotopic (exact) mass is 263 g/mol. The lowest BCUT2D eigenvalue weighted by Gasteiger charge is -2.03. The summed E-state index contributed by atoms with van der Waals surface area (Å²) in [6.45, 7) is 9.12. The first-order chi connectivity index (χ1) is 8.25. The molecule has 3 nitrogen and oxygen atoms in total. The molecule has 0 aliphatic heterocycles. The predicted octanol–water partition coefficient (Wildman–Crippen LogP) is 3.95. The van der Waals surface area contributed by atoms with Crippen LogP contribution in [-0.2, 0) is 0 Å². The SMILES string of the molecule is CC1(C)C(c2nc3c(N)cc(Cl)cc3[nH]2)C1(C)C. The summed E-state index contributed by atoms with van der Waals surface area (Å²) in [5.74, 6) is 1.46. The normalized spacial score (nSPS) is 21.4. The molecule has 0 amide bonds. The van der Waals surface area contributed by atoms with E-state index in [9.17, 15) is 0 Å². The Hall–Kier alpha value is -1.22. The number of imidazole rings is 1. The number of fused-ring (bicyclic) bond motifs is 1. The molecule has 18 heavy (non-hydrogen) atoms. The summed E-state index contributed by atoms with van der Waals surface area (Å²) in [6, 6.07) is 3.63. The quantitative estimate of drug-likeness (QED) is 0.766. The zero-order valence-electron chi connectivity index (χ0n) is 11.1. The van der Waals surface area contributed by atoms with E-state index in [1.807, 2.05) is 6.07 Å². The third-order valence-electron chi connectivity index (χ3n) is 4.89. The van der Waals surface area contributed by atoms with Gasteiger partial charge in [0.2, 0.25) is 0 Å². The van der Waals surface area contributed by atoms with E-state index in [-0.39, 0.29) is 10.8 Å². The van der Waals surface area contributed by atoms with Crippen molar-refractivity contribution in [3.05, 3.63) is 23.0 Å². The third kappa shape index (κ3) is 1.34. The Morgan fingerprint density at radius 1 is 1.22 bits per heavy atom. The van der Waals surface area contributed by atoms with Crippen LogP contribution in [0.15, 0.2) is 12.1 Å². The number of rotatable bonds is 1. The molecule has 3 rings (SSSR count). The van der Waals surface area contributed by atoms with Crippen LogP contribution in [0.4, 0.5) is 5.69 Å². The first-order valence-corrected chi connectivity index (χ1v) is 6.57. The second-order valence-corrected chi connectivity index (χ2v) is 6.83. The van der Waals surface area contributed by atoms with Gasteiger partial charge >= 0.3 is 0 Å². The number of aromatic amines is 1. The number of H-pyrrole nitrogens is 1. The Labute approximate surface area is 112 Å². The number of benzene rings is 1. The topological polar surface area (TPSA) is 54.7 Å². The Bertz CT molecular complexity index is 626. The van der Waals surface area contributed by atoms with Crippen LogP contribution in [0.5, 0.6) is 0 Å². The molecule has 1 heterocycles. The first kappa shape index (κ1) is 11.8. The predicted molar refractivity (Wildman–Crippen MR) is 75.8 cm³/mol. The van der Waals surface area contributed by atoms with E-state index in [0.717, 1.165) is 16.9 Å². The smallest absolute Gasteiger partial charge is 0.112 e. The minimum atomic E-state index is 0.263. The Morgan fingerprint density at radius 2 is 1.83 bits per heavy atom. The van der Waals surface area contributed by atoms with Crippen LogP contribution >= 0.6 is 11.6 Å². The van der Waals surface area contributed by atoms with Gasteiger partial charge < -0.3 is 10.7 Å². The summed E-state index contributed by atoms with van der Waals surface area (Å²) in [6.07, 6.45) is 0. The second-order valence-electron chi connectivity index (χ2n) is 6.39. The number of nitrogens with one attached hydrogen (secondary N) is 1. The highest BCUT2D eigenvalue weighted by atomic mass is 35.5. The van der Waals surface area contributed by atoms with Gasteiger partial charge in [0.1, 0.15) is 11.3 Å². The van der Waals surface area contributed by atoms with Gasteiger partial charge in [0.15, 0.2) is 0 Å². The average Bonchev–Trinajstić information content (AvgIpc) is 2.57. The molecule has 0 unspecified atom stereocenters. The highest BCUT2D eigenvalue weighted by Crippen LogP contribution is 2.73. The summed E-state index contributed by atoms with van der Waals surface area (Å²) in [7, 11) is 0. The number of anilines is 1. The van der Waals surface area contributed by atoms with Crippen LogP contribution < -0.4 is 5.73 Å².